The fourth-order valence-electron chi connectivity index (χ4n) is 2.69. The van der Waals surface area contributed by atoms with Crippen LogP contribution in [0.15, 0.2) is 65.8 Å². The second-order valence-electron chi connectivity index (χ2n) is 5.48. The number of fused-ring (bicyclic) bond motifs is 1. The summed E-state index contributed by atoms with van der Waals surface area (Å²) in [5.74, 6) is 0.533. The highest BCUT2D eigenvalue weighted by Crippen LogP contribution is 2.33. The molecule has 1 amide bonds. The molecule has 1 aliphatic rings. The number of benzene rings is 2. The third-order valence-electron chi connectivity index (χ3n) is 3.84. The van der Waals surface area contributed by atoms with E-state index in [1.165, 1.54) is 0 Å². The maximum atomic E-state index is 11.5. The highest BCUT2D eigenvalue weighted by molar-refractivity contribution is 8.00. The number of hydrogen-bond acceptors (Lipinski definition) is 4. The number of anilines is 2. The second-order valence-corrected chi connectivity index (χ2v) is 6.50. The van der Waals surface area contributed by atoms with Gasteiger partial charge in [-0.3, -0.25) is 4.79 Å². The molecule has 0 bridgehead atoms. The minimum atomic E-state index is 0.0497. The number of nitrogens with zero attached hydrogens (tertiary/aromatic N) is 2. The van der Waals surface area contributed by atoms with E-state index in [2.05, 4.69) is 21.8 Å². The average Bonchev–Trinajstić information content (AvgIpc) is 3.14. The molecule has 0 radical (unpaired) electrons. The summed E-state index contributed by atoms with van der Waals surface area (Å²) < 4.78 is 1.86. The van der Waals surface area contributed by atoms with Crippen molar-refractivity contribution in [2.45, 2.75) is 11.4 Å². The number of rotatable bonds is 4. The van der Waals surface area contributed by atoms with Gasteiger partial charge >= 0.3 is 0 Å². The van der Waals surface area contributed by atoms with E-state index in [1.54, 1.807) is 18.0 Å². The van der Waals surface area contributed by atoms with Gasteiger partial charge in [-0.2, -0.15) is 5.10 Å². The molecule has 24 heavy (non-hydrogen) atoms. The quantitative estimate of drug-likeness (QED) is 0.765. The van der Waals surface area contributed by atoms with E-state index in [4.69, 9.17) is 0 Å². The molecule has 4 rings (SSSR count). The van der Waals surface area contributed by atoms with Crippen LogP contribution < -0.4 is 10.6 Å². The molecule has 5 nitrogen and oxygen atoms in total. The predicted molar refractivity (Wildman–Crippen MR) is 96.7 cm³/mol. The summed E-state index contributed by atoms with van der Waals surface area (Å²) >= 11 is 1.57. The van der Waals surface area contributed by atoms with E-state index in [9.17, 15) is 4.79 Å². The molecular formula is C18H16N4OS. The number of carbonyl (C=O) groups is 1. The molecular weight excluding hydrogens is 320 g/mol. The molecule has 0 spiro atoms. The standard InChI is InChI=1S/C18H16N4OS/c23-18-12-24-17-7-6-14(10-15(17)21-18)19-11-13-4-1-2-5-16(13)22-9-3-8-20-22/h1-10,19H,11-12H2,(H,21,23). The molecule has 0 fully saturated rings. The van der Waals surface area contributed by atoms with E-state index in [0.29, 0.717) is 12.3 Å². The maximum absolute atomic E-state index is 11.5. The lowest BCUT2D eigenvalue weighted by atomic mass is 10.1. The molecule has 120 valence electrons. The minimum absolute atomic E-state index is 0.0497. The van der Waals surface area contributed by atoms with Crippen LogP contribution in [0.5, 0.6) is 0 Å². The Morgan fingerprint density at radius 3 is 3.00 bits per heavy atom. The summed E-state index contributed by atoms with van der Waals surface area (Å²) in [6.07, 6.45) is 3.71. The highest BCUT2D eigenvalue weighted by Gasteiger charge is 2.15. The van der Waals surface area contributed by atoms with Crippen molar-refractivity contribution >= 4 is 29.0 Å². The molecule has 3 aromatic rings. The molecule has 2 aromatic carbocycles. The fraction of sp³-hybridized carbons (Fsp3) is 0.111. The van der Waals surface area contributed by atoms with Crippen molar-refractivity contribution in [2.75, 3.05) is 16.4 Å². The van der Waals surface area contributed by atoms with Gasteiger partial charge in [0.2, 0.25) is 5.91 Å². The zero-order chi connectivity index (χ0) is 16.4. The van der Waals surface area contributed by atoms with Crippen LogP contribution in [0.2, 0.25) is 0 Å². The normalized spacial score (nSPS) is 13.2. The number of thioether (sulfide) groups is 1. The van der Waals surface area contributed by atoms with Crippen LogP contribution in [0.1, 0.15) is 5.56 Å². The van der Waals surface area contributed by atoms with Crippen LogP contribution in [0, 0.1) is 0 Å². The van der Waals surface area contributed by atoms with Gasteiger partial charge in [0.1, 0.15) is 0 Å². The third kappa shape index (κ3) is 3.00. The van der Waals surface area contributed by atoms with Gasteiger partial charge in [0.15, 0.2) is 0 Å². The molecule has 0 saturated carbocycles. The van der Waals surface area contributed by atoms with E-state index in [-0.39, 0.29) is 5.91 Å². The number of nitrogens with one attached hydrogen (secondary N) is 2. The van der Waals surface area contributed by atoms with Gasteiger partial charge in [-0.05, 0) is 35.9 Å². The molecule has 6 heteroatoms. The summed E-state index contributed by atoms with van der Waals surface area (Å²) in [6.45, 7) is 0.676. The van der Waals surface area contributed by atoms with Crippen molar-refractivity contribution in [1.29, 1.82) is 0 Å². The van der Waals surface area contributed by atoms with E-state index < -0.39 is 0 Å². The summed E-state index contributed by atoms with van der Waals surface area (Å²) in [5.41, 5.74) is 4.06. The molecule has 0 saturated heterocycles. The van der Waals surface area contributed by atoms with Gasteiger partial charge in [0, 0.05) is 29.5 Å². The van der Waals surface area contributed by atoms with Crippen molar-refractivity contribution < 1.29 is 4.79 Å². The Morgan fingerprint density at radius 2 is 2.12 bits per heavy atom. The summed E-state index contributed by atoms with van der Waals surface area (Å²) in [5, 5.41) is 10.7. The Kier molecular flexibility index (Phi) is 3.96. The molecule has 1 aliphatic heterocycles. The van der Waals surface area contributed by atoms with Gasteiger partial charge < -0.3 is 10.6 Å². The van der Waals surface area contributed by atoms with Gasteiger partial charge in [-0.1, -0.05) is 18.2 Å². The van der Waals surface area contributed by atoms with Crippen molar-refractivity contribution in [2.24, 2.45) is 0 Å². The lowest BCUT2D eigenvalue weighted by molar-refractivity contribution is -0.113. The van der Waals surface area contributed by atoms with Crippen LogP contribution >= 0.6 is 11.8 Å². The fourth-order valence-corrected chi connectivity index (χ4v) is 3.47. The SMILES string of the molecule is O=C1CSc2ccc(NCc3ccccc3-n3cccn3)cc2N1. The Bertz CT molecular complexity index is 876. The highest BCUT2D eigenvalue weighted by atomic mass is 32.2. The number of aromatic nitrogens is 2. The van der Waals surface area contributed by atoms with Crippen molar-refractivity contribution in [3.63, 3.8) is 0 Å². The van der Waals surface area contributed by atoms with Crippen molar-refractivity contribution in [1.82, 2.24) is 9.78 Å². The summed E-state index contributed by atoms with van der Waals surface area (Å²) in [6, 6.07) is 16.1. The molecule has 2 N–H and O–H groups in total. The van der Waals surface area contributed by atoms with Crippen molar-refractivity contribution in [3.05, 3.63) is 66.5 Å². The zero-order valence-electron chi connectivity index (χ0n) is 12.9. The predicted octanol–water partition coefficient (Wildman–Crippen LogP) is 3.53. The Hall–Kier alpha value is -2.73. The van der Waals surface area contributed by atoms with E-state index in [0.717, 1.165) is 27.5 Å². The molecule has 1 aromatic heterocycles. The van der Waals surface area contributed by atoms with E-state index >= 15 is 0 Å². The lowest BCUT2D eigenvalue weighted by Crippen LogP contribution is -2.18. The minimum Gasteiger partial charge on any atom is -0.381 e. The van der Waals surface area contributed by atoms with Crippen molar-refractivity contribution in [3.8, 4) is 5.69 Å². The monoisotopic (exact) mass is 336 g/mol. The Labute approximate surface area is 144 Å². The lowest BCUT2D eigenvalue weighted by Gasteiger charge is -2.18. The van der Waals surface area contributed by atoms with Crippen LogP contribution in [0.4, 0.5) is 11.4 Å². The van der Waals surface area contributed by atoms with Gasteiger partial charge in [0.05, 0.1) is 17.1 Å². The molecule has 0 aliphatic carbocycles. The van der Waals surface area contributed by atoms with Gasteiger partial charge in [-0.25, -0.2) is 4.68 Å². The smallest absolute Gasteiger partial charge is 0.234 e. The number of amides is 1. The summed E-state index contributed by atoms with van der Waals surface area (Å²) in [7, 11) is 0. The topological polar surface area (TPSA) is 59.0 Å². The van der Waals surface area contributed by atoms with Crippen LogP contribution in [-0.4, -0.2) is 21.4 Å². The Morgan fingerprint density at radius 1 is 1.21 bits per heavy atom. The molecule has 0 unspecified atom stereocenters. The van der Waals surface area contributed by atoms with Crippen LogP contribution in [-0.2, 0) is 11.3 Å². The first-order chi connectivity index (χ1) is 11.8. The maximum Gasteiger partial charge on any atom is 0.234 e. The largest absolute Gasteiger partial charge is 0.381 e. The number of carbonyl (C=O) groups excluding carboxylic acids is 1. The molecule has 2 heterocycles. The third-order valence-corrected chi connectivity index (χ3v) is 4.91. The zero-order valence-corrected chi connectivity index (χ0v) is 13.7. The molecule has 0 atom stereocenters. The van der Waals surface area contributed by atoms with Crippen LogP contribution in [0.25, 0.3) is 5.69 Å². The first kappa shape index (κ1) is 14.8. The average molecular weight is 336 g/mol. The number of para-hydroxylation sites is 1. The second kappa shape index (κ2) is 6.41. The first-order valence-electron chi connectivity index (χ1n) is 7.68. The Balaban J connectivity index is 1.54. The van der Waals surface area contributed by atoms with Gasteiger partial charge in [0.25, 0.3) is 0 Å². The van der Waals surface area contributed by atoms with Gasteiger partial charge in [-0.15, -0.1) is 11.8 Å². The summed E-state index contributed by atoms with van der Waals surface area (Å²) in [4.78, 5) is 12.6. The van der Waals surface area contributed by atoms with Crippen LogP contribution in [0.3, 0.4) is 0 Å². The first-order valence-corrected chi connectivity index (χ1v) is 8.67. The van der Waals surface area contributed by atoms with E-state index in [1.807, 2.05) is 53.3 Å². The number of hydrogen-bond donors (Lipinski definition) is 2.